The van der Waals surface area contributed by atoms with Gasteiger partial charge in [-0.2, -0.15) is 0 Å². The highest BCUT2D eigenvalue weighted by molar-refractivity contribution is 7.21. The lowest BCUT2D eigenvalue weighted by atomic mass is 10.1. The summed E-state index contributed by atoms with van der Waals surface area (Å²) >= 11 is 7.76. The number of aromatic nitrogens is 3. The summed E-state index contributed by atoms with van der Waals surface area (Å²) in [4.78, 5) is 47.1. The number of carbonyl (C=O) groups excluding carboxylic acids is 2. The van der Waals surface area contributed by atoms with E-state index in [9.17, 15) is 9.59 Å². The first kappa shape index (κ1) is 29.1. The van der Waals surface area contributed by atoms with Gasteiger partial charge in [0.15, 0.2) is 5.82 Å². The molecule has 2 aliphatic heterocycles. The highest BCUT2D eigenvalue weighted by Gasteiger charge is 2.34. The summed E-state index contributed by atoms with van der Waals surface area (Å²) < 4.78 is 5.84. The first-order valence-corrected chi connectivity index (χ1v) is 15.6. The number of urea groups is 1. The monoisotopic (exact) mass is 640 g/mol. The quantitative estimate of drug-likeness (QED) is 0.212. The first-order valence-electron chi connectivity index (χ1n) is 14.4. The number of anilines is 4. The van der Waals surface area contributed by atoms with Crippen LogP contribution in [0.25, 0.3) is 10.2 Å². The lowest BCUT2D eigenvalue weighted by Gasteiger charge is -2.32. The number of thiophene rings is 1. The van der Waals surface area contributed by atoms with Crippen molar-refractivity contribution in [2.24, 2.45) is 0 Å². The number of pyridine rings is 1. The molecule has 1 saturated heterocycles. The van der Waals surface area contributed by atoms with E-state index < -0.39 is 6.03 Å². The van der Waals surface area contributed by atoms with E-state index in [0.717, 1.165) is 38.4 Å². The van der Waals surface area contributed by atoms with Gasteiger partial charge in [0.2, 0.25) is 0 Å². The summed E-state index contributed by atoms with van der Waals surface area (Å²) in [5, 5.41) is 6.77. The van der Waals surface area contributed by atoms with Crippen LogP contribution in [0.3, 0.4) is 0 Å². The second-order valence-electron chi connectivity index (χ2n) is 10.9. The molecule has 0 radical (unpaired) electrons. The van der Waals surface area contributed by atoms with Crippen molar-refractivity contribution in [3.63, 3.8) is 0 Å². The molecule has 2 aliphatic rings. The molecule has 3 aromatic heterocycles. The zero-order valence-electron chi connectivity index (χ0n) is 24.4. The van der Waals surface area contributed by atoms with Gasteiger partial charge in [0.1, 0.15) is 28.4 Å². The van der Waals surface area contributed by atoms with Gasteiger partial charge in [-0.3, -0.25) is 14.7 Å². The standard InChI is InChI=1S/C32H29ClN8O3S/c1-39-12-14-40(15-13-39)17-20-5-7-21(8-6-20)37-30(42)28-27-26-29(35-19-36-31(26)45-28)41(32(43)38-27)23-9-10-25(24(33)16-23)44-18-22-4-2-3-11-34-22/h2-11,16,19H,12-15,17-18H2,1H3,(H,37,42)(H,38,43). The maximum atomic E-state index is 13.5. The SMILES string of the molecule is CN1CCN(Cc2ccc(NC(=O)c3sc4ncnc5c4c3NC(=O)N5c3ccc(OCc4ccccn4)c(Cl)c3)cc2)CC1. The van der Waals surface area contributed by atoms with Gasteiger partial charge < -0.3 is 20.3 Å². The van der Waals surface area contributed by atoms with Gasteiger partial charge in [-0.05, 0) is 55.1 Å². The van der Waals surface area contributed by atoms with Crippen molar-refractivity contribution in [2.75, 3.05) is 48.8 Å². The fraction of sp³-hybridized carbons (Fsp3) is 0.219. The smallest absolute Gasteiger partial charge is 0.332 e. The van der Waals surface area contributed by atoms with Gasteiger partial charge in [-0.1, -0.05) is 29.8 Å². The number of likely N-dealkylation sites (N-methyl/N-ethyl adjacent to an activating group) is 1. The molecule has 13 heteroatoms. The van der Waals surface area contributed by atoms with Crippen molar-refractivity contribution in [2.45, 2.75) is 13.2 Å². The number of rotatable bonds is 8. The molecule has 45 heavy (non-hydrogen) atoms. The van der Waals surface area contributed by atoms with Crippen LogP contribution in [0.4, 0.5) is 27.7 Å². The van der Waals surface area contributed by atoms with Crippen LogP contribution in [0, 0.1) is 0 Å². The number of benzene rings is 2. The van der Waals surface area contributed by atoms with Gasteiger partial charge >= 0.3 is 6.03 Å². The van der Waals surface area contributed by atoms with Crippen molar-refractivity contribution < 1.29 is 14.3 Å². The molecule has 228 valence electrons. The molecule has 0 aliphatic carbocycles. The van der Waals surface area contributed by atoms with Crippen LogP contribution in [0.15, 0.2) is 73.2 Å². The Morgan fingerprint density at radius 2 is 1.87 bits per heavy atom. The minimum Gasteiger partial charge on any atom is -0.486 e. The van der Waals surface area contributed by atoms with E-state index in [4.69, 9.17) is 16.3 Å². The number of hydrogen-bond donors (Lipinski definition) is 2. The second-order valence-corrected chi connectivity index (χ2v) is 12.3. The summed E-state index contributed by atoms with van der Waals surface area (Å²) in [6.45, 7) is 5.33. The fourth-order valence-electron chi connectivity index (χ4n) is 5.39. The average molecular weight is 641 g/mol. The summed E-state index contributed by atoms with van der Waals surface area (Å²) in [5.41, 5.74) is 3.50. The number of amides is 3. The molecule has 11 nitrogen and oxygen atoms in total. The van der Waals surface area contributed by atoms with Gasteiger partial charge in [-0.25, -0.2) is 19.7 Å². The molecule has 0 spiro atoms. The third-order valence-corrected chi connectivity index (χ3v) is 9.20. The van der Waals surface area contributed by atoms with Gasteiger partial charge in [0.25, 0.3) is 5.91 Å². The maximum absolute atomic E-state index is 13.5. The van der Waals surface area contributed by atoms with Crippen LogP contribution >= 0.6 is 22.9 Å². The molecule has 0 bridgehead atoms. The van der Waals surface area contributed by atoms with Gasteiger partial charge in [0.05, 0.1) is 27.5 Å². The number of nitrogens with zero attached hydrogens (tertiary/aromatic N) is 6. The number of carbonyl (C=O) groups is 2. The molecule has 5 heterocycles. The van der Waals surface area contributed by atoms with Crippen LogP contribution in [0.1, 0.15) is 20.9 Å². The predicted octanol–water partition coefficient (Wildman–Crippen LogP) is 6.00. The number of piperazine rings is 1. The lowest BCUT2D eigenvalue weighted by Crippen LogP contribution is -2.43. The minimum atomic E-state index is -0.471. The van der Waals surface area contributed by atoms with Gasteiger partial charge in [-0.15, -0.1) is 11.3 Å². The molecule has 1 fully saturated rings. The van der Waals surface area contributed by atoms with E-state index in [2.05, 4.69) is 42.4 Å². The third-order valence-electron chi connectivity index (χ3n) is 7.81. The van der Waals surface area contributed by atoms with E-state index in [-0.39, 0.29) is 12.5 Å². The fourth-order valence-corrected chi connectivity index (χ4v) is 6.61. The van der Waals surface area contributed by atoms with E-state index >= 15 is 0 Å². The molecular weight excluding hydrogens is 612 g/mol. The molecule has 7 rings (SSSR count). The summed E-state index contributed by atoms with van der Waals surface area (Å²) in [5.74, 6) is 0.483. The van der Waals surface area contributed by atoms with Crippen LogP contribution in [-0.4, -0.2) is 69.9 Å². The van der Waals surface area contributed by atoms with Crippen LogP contribution in [0.5, 0.6) is 5.75 Å². The number of halogens is 1. The third kappa shape index (κ3) is 6.05. The summed E-state index contributed by atoms with van der Waals surface area (Å²) in [7, 11) is 2.14. The van der Waals surface area contributed by atoms with E-state index in [1.807, 2.05) is 42.5 Å². The van der Waals surface area contributed by atoms with Crippen molar-refractivity contribution in [3.8, 4) is 5.75 Å². The molecule has 0 atom stereocenters. The largest absolute Gasteiger partial charge is 0.486 e. The topological polar surface area (TPSA) is 116 Å². The minimum absolute atomic E-state index is 0.250. The number of nitrogens with one attached hydrogen (secondary N) is 2. The highest BCUT2D eigenvalue weighted by Crippen LogP contribution is 2.45. The number of ether oxygens (including phenoxy) is 1. The Morgan fingerprint density at radius 1 is 1.04 bits per heavy atom. The van der Waals surface area contributed by atoms with Crippen LogP contribution < -0.4 is 20.3 Å². The Labute approximate surface area is 268 Å². The van der Waals surface area contributed by atoms with Crippen molar-refractivity contribution in [1.29, 1.82) is 0 Å². The zero-order valence-corrected chi connectivity index (χ0v) is 25.9. The van der Waals surface area contributed by atoms with Crippen molar-refractivity contribution >= 4 is 68.0 Å². The van der Waals surface area contributed by atoms with E-state index in [1.165, 1.54) is 28.1 Å². The highest BCUT2D eigenvalue weighted by atomic mass is 35.5. The van der Waals surface area contributed by atoms with E-state index in [0.29, 0.717) is 48.7 Å². The second kappa shape index (κ2) is 12.4. The Kier molecular flexibility index (Phi) is 8.03. The number of hydrogen-bond acceptors (Lipinski definition) is 9. The molecule has 0 saturated carbocycles. The van der Waals surface area contributed by atoms with Crippen LogP contribution in [0.2, 0.25) is 5.02 Å². The summed E-state index contributed by atoms with van der Waals surface area (Å²) in [6.07, 6.45) is 3.08. The van der Waals surface area contributed by atoms with E-state index in [1.54, 1.807) is 24.4 Å². The molecular formula is C32H29ClN8O3S. The molecule has 3 amide bonds. The molecule has 2 N–H and O–H groups in total. The van der Waals surface area contributed by atoms with Crippen molar-refractivity contribution in [3.05, 3.63) is 94.3 Å². The van der Waals surface area contributed by atoms with Crippen molar-refractivity contribution in [1.82, 2.24) is 24.8 Å². The average Bonchev–Trinajstić information content (AvgIpc) is 3.42. The Morgan fingerprint density at radius 3 is 2.62 bits per heavy atom. The Hall–Kier alpha value is -4.62. The predicted molar refractivity (Wildman–Crippen MR) is 176 cm³/mol. The zero-order chi connectivity index (χ0) is 30.9. The normalized spacial score (nSPS) is 15.2. The van der Waals surface area contributed by atoms with Gasteiger partial charge in [0, 0.05) is 44.6 Å². The lowest BCUT2D eigenvalue weighted by molar-refractivity contribution is 0.103. The Bertz CT molecular complexity index is 1880. The molecule has 2 aromatic carbocycles. The Balaban J connectivity index is 1.09. The van der Waals surface area contributed by atoms with Crippen LogP contribution in [-0.2, 0) is 13.2 Å². The maximum Gasteiger partial charge on any atom is 0.332 e. The summed E-state index contributed by atoms with van der Waals surface area (Å²) in [6, 6.07) is 18.1. The molecule has 0 unspecified atom stereocenters. The first-order chi connectivity index (χ1) is 21.9. The molecule has 5 aromatic rings.